The summed E-state index contributed by atoms with van der Waals surface area (Å²) in [6.45, 7) is 6.43. The maximum absolute atomic E-state index is 10.9. The minimum Gasteiger partial charge on any atom is -0.288 e. The standard InChI is InChI=1S/C7H12N2O/c1-6(2)9-5-4-7(10)8(9)3/h1,4-5H2,2-3H3. The van der Waals surface area contributed by atoms with Crippen LogP contribution < -0.4 is 0 Å². The highest BCUT2D eigenvalue weighted by Gasteiger charge is 2.24. The molecule has 1 aliphatic rings. The smallest absolute Gasteiger partial charge is 0.242 e. The van der Waals surface area contributed by atoms with Gasteiger partial charge in [0.25, 0.3) is 0 Å². The van der Waals surface area contributed by atoms with Gasteiger partial charge >= 0.3 is 0 Å². The average molecular weight is 140 g/mol. The number of allylic oxidation sites excluding steroid dienone is 1. The molecule has 0 aromatic rings. The van der Waals surface area contributed by atoms with Gasteiger partial charge < -0.3 is 0 Å². The molecular weight excluding hydrogens is 128 g/mol. The molecule has 0 unspecified atom stereocenters. The van der Waals surface area contributed by atoms with Crippen LogP contribution in [-0.4, -0.2) is 29.5 Å². The second-order valence-corrected chi connectivity index (χ2v) is 2.53. The van der Waals surface area contributed by atoms with Gasteiger partial charge in [-0.05, 0) is 6.92 Å². The molecule has 0 atom stereocenters. The summed E-state index contributed by atoms with van der Waals surface area (Å²) in [6, 6.07) is 0. The van der Waals surface area contributed by atoms with Crippen LogP contribution in [0.15, 0.2) is 12.3 Å². The van der Waals surface area contributed by atoms with Crippen LogP contribution in [0.25, 0.3) is 0 Å². The zero-order valence-corrected chi connectivity index (χ0v) is 6.42. The summed E-state index contributed by atoms with van der Waals surface area (Å²) in [7, 11) is 1.77. The van der Waals surface area contributed by atoms with Gasteiger partial charge in [-0.3, -0.25) is 14.8 Å². The van der Waals surface area contributed by atoms with E-state index in [1.807, 2.05) is 11.9 Å². The van der Waals surface area contributed by atoms with E-state index in [1.165, 1.54) is 0 Å². The average Bonchev–Trinajstić information content (AvgIpc) is 2.14. The third-order valence-corrected chi connectivity index (χ3v) is 1.70. The molecule has 3 nitrogen and oxygen atoms in total. The quantitative estimate of drug-likeness (QED) is 0.532. The fourth-order valence-electron chi connectivity index (χ4n) is 1.09. The van der Waals surface area contributed by atoms with Crippen LogP contribution in [0.3, 0.4) is 0 Å². The molecule has 0 N–H and O–H groups in total. The summed E-state index contributed by atoms with van der Waals surface area (Å²) in [5.41, 5.74) is 0.924. The number of amides is 1. The van der Waals surface area contributed by atoms with E-state index in [0.717, 1.165) is 12.2 Å². The lowest BCUT2D eigenvalue weighted by atomic mass is 10.4. The topological polar surface area (TPSA) is 23.6 Å². The van der Waals surface area contributed by atoms with Gasteiger partial charge in [-0.2, -0.15) is 0 Å². The van der Waals surface area contributed by atoms with Crippen molar-refractivity contribution in [1.82, 2.24) is 10.0 Å². The Morgan fingerprint density at radius 1 is 1.70 bits per heavy atom. The van der Waals surface area contributed by atoms with E-state index in [0.29, 0.717) is 6.42 Å². The number of hydrogen-bond acceptors (Lipinski definition) is 2. The highest BCUT2D eigenvalue weighted by Crippen LogP contribution is 2.13. The number of carbonyl (C=O) groups excluding carboxylic acids is 1. The van der Waals surface area contributed by atoms with Crippen molar-refractivity contribution in [2.75, 3.05) is 13.6 Å². The van der Waals surface area contributed by atoms with Crippen molar-refractivity contribution >= 4 is 5.91 Å². The lowest BCUT2D eigenvalue weighted by Crippen LogP contribution is -2.33. The van der Waals surface area contributed by atoms with Gasteiger partial charge in [0, 0.05) is 25.7 Å². The van der Waals surface area contributed by atoms with Crippen molar-refractivity contribution in [3.63, 3.8) is 0 Å². The molecule has 0 spiro atoms. The summed E-state index contributed by atoms with van der Waals surface area (Å²) in [5, 5.41) is 3.49. The third-order valence-electron chi connectivity index (χ3n) is 1.70. The molecule has 1 heterocycles. The Morgan fingerprint density at radius 2 is 2.30 bits per heavy atom. The SMILES string of the molecule is C=C(C)N1CCC(=O)N1C. The molecule has 0 saturated carbocycles. The number of hydrazine groups is 1. The van der Waals surface area contributed by atoms with Gasteiger partial charge in [-0.25, -0.2) is 0 Å². The first-order valence-electron chi connectivity index (χ1n) is 3.32. The predicted molar refractivity (Wildman–Crippen MR) is 38.9 cm³/mol. The monoisotopic (exact) mass is 140 g/mol. The Kier molecular flexibility index (Phi) is 1.66. The van der Waals surface area contributed by atoms with E-state index in [-0.39, 0.29) is 5.91 Å². The number of rotatable bonds is 1. The Bertz CT molecular complexity index is 176. The van der Waals surface area contributed by atoms with E-state index in [1.54, 1.807) is 12.1 Å². The van der Waals surface area contributed by atoms with Crippen molar-refractivity contribution in [1.29, 1.82) is 0 Å². The van der Waals surface area contributed by atoms with E-state index in [4.69, 9.17) is 0 Å². The van der Waals surface area contributed by atoms with Gasteiger partial charge in [0.15, 0.2) is 0 Å². The molecule has 56 valence electrons. The second kappa shape index (κ2) is 2.33. The largest absolute Gasteiger partial charge is 0.288 e. The van der Waals surface area contributed by atoms with Crippen LogP contribution in [-0.2, 0) is 4.79 Å². The van der Waals surface area contributed by atoms with Crippen molar-refractivity contribution in [2.45, 2.75) is 13.3 Å². The van der Waals surface area contributed by atoms with Gasteiger partial charge in [-0.15, -0.1) is 0 Å². The van der Waals surface area contributed by atoms with Gasteiger partial charge in [0.2, 0.25) is 5.91 Å². The number of carbonyl (C=O) groups is 1. The van der Waals surface area contributed by atoms with Crippen LogP contribution in [0, 0.1) is 0 Å². The molecule has 0 aromatic heterocycles. The first-order valence-corrected chi connectivity index (χ1v) is 3.32. The summed E-state index contributed by atoms with van der Waals surface area (Å²) >= 11 is 0. The van der Waals surface area contributed by atoms with E-state index in [2.05, 4.69) is 6.58 Å². The Hall–Kier alpha value is -0.990. The molecule has 0 radical (unpaired) electrons. The van der Waals surface area contributed by atoms with Crippen molar-refractivity contribution < 1.29 is 4.79 Å². The van der Waals surface area contributed by atoms with Gasteiger partial charge in [-0.1, -0.05) is 6.58 Å². The molecular formula is C7H12N2O. The highest BCUT2D eigenvalue weighted by molar-refractivity contribution is 5.77. The van der Waals surface area contributed by atoms with Crippen molar-refractivity contribution in [3.8, 4) is 0 Å². The van der Waals surface area contributed by atoms with E-state index in [9.17, 15) is 4.79 Å². The van der Waals surface area contributed by atoms with Gasteiger partial charge in [0.1, 0.15) is 0 Å². The van der Waals surface area contributed by atoms with Crippen LogP contribution >= 0.6 is 0 Å². The van der Waals surface area contributed by atoms with Crippen LogP contribution in [0.1, 0.15) is 13.3 Å². The fraction of sp³-hybridized carbons (Fsp3) is 0.571. The van der Waals surface area contributed by atoms with E-state index < -0.39 is 0 Å². The molecule has 1 aliphatic heterocycles. The lowest BCUT2D eigenvalue weighted by Gasteiger charge is -2.25. The van der Waals surface area contributed by atoms with Gasteiger partial charge in [0.05, 0.1) is 0 Å². The number of hydrogen-bond donors (Lipinski definition) is 0. The summed E-state index contributed by atoms with van der Waals surface area (Å²) in [5.74, 6) is 0.169. The molecule has 0 aliphatic carbocycles. The second-order valence-electron chi connectivity index (χ2n) is 2.53. The minimum atomic E-state index is 0.169. The van der Waals surface area contributed by atoms with Crippen molar-refractivity contribution in [2.24, 2.45) is 0 Å². The van der Waals surface area contributed by atoms with Crippen LogP contribution in [0.4, 0.5) is 0 Å². The zero-order chi connectivity index (χ0) is 7.72. The minimum absolute atomic E-state index is 0.169. The predicted octanol–water partition coefficient (Wildman–Crippen LogP) is 0.599. The normalized spacial score (nSPS) is 18.4. The molecule has 3 heteroatoms. The third kappa shape index (κ3) is 0.988. The Labute approximate surface area is 60.9 Å². The van der Waals surface area contributed by atoms with Crippen molar-refractivity contribution in [3.05, 3.63) is 12.3 Å². The maximum Gasteiger partial charge on any atom is 0.242 e. The molecule has 0 bridgehead atoms. The first-order chi connectivity index (χ1) is 4.63. The summed E-state index contributed by atoms with van der Waals surface area (Å²) in [4.78, 5) is 10.9. The highest BCUT2D eigenvalue weighted by atomic mass is 16.2. The fourth-order valence-corrected chi connectivity index (χ4v) is 1.09. The summed E-state index contributed by atoms with van der Waals surface area (Å²) in [6.07, 6.45) is 0.614. The molecule has 1 fully saturated rings. The molecule has 1 rings (SSSR count). The first kappa shape index (κ1) is 7.12. The zero-order valence-electron chi connectivity index (χ0n) is 6.42. The Morgan fingerprint density at radius 3 is 2.50 bits per heavy atom. The maximum atomic E-state index is 10.9. The molecule has 1 amide bonds. The lowest BCUT2D eigenvalue weighted by molar-refractivity contribution is -0.133. The Balaban J connectivity index is 2.66. The van der Waals surface area contributed by atoms with Crippen LogP contribution in [0.5, 0.6) is 0 Å². The van der Waals surface area contributed by atoms with E-state index >= 15 is 0 Å². The molecule has 0 aromatic carbocycles. The molecule has 10 heavy (non-hydrogen) atoms. The van der Waals surface area contributed by atoms with Crippen LogP contribution in [0.2, 0.25) is 0 Å². The number of nitrogens with zero attached hydrogens (tertiary/aromatic N) is 2. The molecule has 1 saturated heterocycles. The summed E-state index contributed by atoms with van der Waals surface area (Å²) < 4.78 is 0.